The summed E-state index contributed by atoms with van der Waals surface area (Å²) in [5.41, 5.74) is 7.20. The molecule has 6 heteroatoms. The van der Waals surface area contributed by atoms with E-state index in [4.69, 9.17) is 11.1 Å². The number of aryl methyl sites for hydroxylation is 1. The Hall–Kier alpha value is -3.15. The van der Waals surface area contributed by atoms with E-state index in [1.807, 2.05) is 42.5 Å². The lowest BCUT2D eigenvalue weighted by Crippen LogP contribution is -2.36. The van der Waals surface area contributed by atoms with E-state index in [2.05, 4.69) is 10.4 Å². The molecule has 0 atom stereocenters. The maximum atomic E-state index is 12.0. The van der Waals surface area contributed by atoms with Crippen molar-refractivity contribution < 1.29 is 4.79 Å². The van der Waals surface area contributed by atoms with Crippen LogP contribution in [0.15, 0.2) is 48.5 Å². The van der Waals surface area contributed by atoms with Crippen molar-refractivity contribution >= 4 is 22.6 Å². The van der Waals surface area contributed by atoms with Gasteiger partial charge in [0.2, 0.25) is 0 Å². The van der Waals surface area contributed by atoms with Gasteiger partial charge in [-0.15, -0.1) is 0 Å². The van der Waals surface area contributed by atoms with E-state index >= 15 is 0 Å². The van der Waals surface area contributed by atoms with Gasteiger partial charge in [0, 0.05) is 12.6 Å². The number of carbonyl (C=O) groups excluding carboxylic acids is 1. The fraction of sp³-hybridized carbons (Fsp3) is 0.0625. The van der Waals surface area contributed by atoms with Gasteiger partial charge in [-0.3, -0.25) is 20.2 Å². The number of carbonyl (C=O) groups is 1. The number of aromatic nitrogens is 2. The lowest BCUT2D eigenvalue weighted by molar-refractivity contribution is 0.0967. The molecule has 0 unspecified atom stereocenters. The standard InChI is InChI=1S/C16H15N5O/c1-21-14(15(22)19-16(17)18)9-13(20-21)12-8-4-6-10-5-2-3-7-11(10)12/h2-9H,1H3,(H4,17,18,19,22). The first-order valence-corrected chi connectivity index (χ1v) is 6.74. The van der Waals surface area contributed by atoms with E-state index in [1.54, 1.807) is 13.1 Å². The summed E-state index contributed by atoms with van der Waals surface area (Å²) in [7, 11) is 1.68. The Labute approximate surface area is 127 Å². The third-order valence-corrected chi connectivity index (χ3v) is 3.43. The predicted molar refractivity (Wildman–Crippen MR) is 85.5 cm³/mol. The zero-order valence-electron chi connectivity index (χ0n) is 12.0. The van der Waals surface area contributed by atoms with Crippen LogP contribution in [0.2, 0.25) is 0 Å². The normalized spacial score (nSPS) is 10.6. The zero-order valence-corrected chi connectivity index (χ0v) is 12.0. The average molecular weight is 293 g/mol. The van der Waals surface area contributed by atoms with Gasteiger partial charge in [0.25, 0.3) is 5.91 Å². The monoisotopic (exact) mass is 293 g/mol. The number of guanidine groups is 1. The van der Waals surface area contributed by atoms with Crippen molar-refractivity contribution in [1.82, 2.24) is 15.1 Å². The third kappa shape index (κ3) is 2.42. The molecule has 6 nitrogen and oxygen atoms in total. The van der Waals surface area contributed by atoms with E-state index in [-0.39, 0.29) is 0 Å². The molecule has 1 amide bonds. The van der Waals surface area contributed by atoms with Gasteiger partial charge in [-0.05, 0) is 16.8 Å². The summed E-state index contributed by atoms with van der Waals surface area (Å²) in [4.78, 5) is 12.0. The van der Waals surface area contributed by atoms with Gasteiger partial charge in [0.15, 0.2) is 5.96 Å². The second-order valence-corrected chi connectivity index (χ2v) is 4.93. The molecule has 0 fully saturated rings. The van der Waals surface area contributed by atoms with Crippen molar-refractivity contribution in [3.8, 4) is 11.3 Å². The molecule has 110 valence electrons. The van der Waals surface area contributed by atoms with Crippen LogP contribution >= 0.6 is 0 Å². The second kappa shape index (κ2) is 5.33. The lowest BCUT2D eigenvalue weighted by atomic mass is 10.0. The smallest absolute Gasteiger partial charge is 0.276 e. The van der Waals surface area contributed by atoms with Crippen LogP contribution in [0.25, 0.3) is 22.0 Å². The van der Waals surface area contributed by atoms with Crippen LogP contribution in [0.4, 0.5) is 0 Å². The first-order valence-electron chi connectivity index (χ1n) is 6.74. The molecule has 0 saturated carbocycles. The van der Waals surface area contributed by atoms with Crippen LogP contribution in [-0.2, 0) is 7.05 Å². The Morgan fingerprint density at radius 2 is 1.95 bits per heavy atom. The van der Waals surface area contributed by atoms with Crippen molar-refractivity contribution in [1.29, 1.82) is 5.41 Å². The maximum Gasteiger partial charge on any atom is 0.276 e. The molecule has 0 aliphatic rings. The summed E-state index contributed by atoms with van der Waals surface area (Å²) in [6, 6.07) is 15.7. The van der Waals surface area contributed by atoms with E-state index in [0.29, 0.717) is 11.4 Å². The van der Waals surface area contributed by atoms with Gasteiger partial charge in [-0.2, -0.15) is 5.10 Å². The largest absolute Gasteiger partial charge is 0.370 e. The molecule has 3 rings (SSSR count). The Balaban J connectivity index is 2.09. The summed E-state index contributed by atoms with van der Waals surface area (Å²) in [5.74, 6) is -0.841. The minimum atomic E-state index is -0.450. The van der Waals surface area contributed by atoms with Crippen LogP contribution in [0.3, 0.4) is 0 Å². The van der Waals surface area contributed by atoms with Gasteiger partial charge in [-0.1, -0.05) is 42.5 Å². The van der Waals surface area contributed by atoms with E-state index in [0.717, 1.165) is 16.3 Å². The maximum absolute atomic E-state index is 12.0. The van der Waals surface area contributed by atoms with Crippen LogP contribution in [0.5, 0.6) is 0 Å². The minimum Gasteiger partial charge on any atom is -0.370 e. The Kier molecular flexibility index (Phi) is 3.34. The fourth-order valence-electron chi connectivity index (χ4n) is 2.45. The highest BCUT2D eigenvalue weighted by Crippen LogP contribution is 2.27. The molecule has 0 saturated heterocycles. The van der Waals surface area contributed by atoms with Crippen LogP contribution in [-0.4, -0.2) is 21.6 Å². The highest BCUT2D eigenvalue weighted by atomic mass is 16.2. The van der Waals surface area contributed by atoms with Crippen molar-refractivity contribution in [3.05, 3.63) is 54.2 Å². The minimum absolute atomic E-state index is 0.345. The number of hydrogen-bond acceptors (Lipinski definition) is 3. The summed E-state index contributed by atoms with van der Waals surface area (Å²) < 4.78 is 1.48. The van der Waals surface area contributed by atoms with E-state index < -0.39 is 11.9 Å². The van der Waals surface area contributed by atoms with Crippen LogP contribution in [0, 0.1) is 5.41 Å². The van der Waals surface area contributed by atoms with E-state index in [1.165, 1.54) is 4.68 Å². The van der Waals surface area contributed by atoms with Gasteiger partial charge in [-0.25, -0.2) is 0 Å². The van der Waals surface area contributed by atoms with Crippen molar-refractivity contribution in [2.45, 2.75) is 0 Å². The molecule has 4 N–H and O–H groups in total. The molecule has 0 spiro atoms. The van der Waals surface area contributed by atoms with E-state index in [9.17, 15) is 4.79 Å². The molecule has 22 heavy (non-hydrogen) atoms. The molecule has 1 aromatic heterocycles. The lowest BCUT2D eigenvalue weighted by Gasteiger charge is -2.03. The topological polar surface area (TPSA) is 96.8 Å². The Morgan fingerprint density at radius 3 is 2.73 bits per heavy atom. The van der Waals surface area contributed by atoms with Gasteiger partial charge < -0.3 is 5.73 Å². The number of benzene rings is 2. The van der Waals surface area contributed by atoms with Gasteiger partial charge >= 0.3 is 0 Å². The van der Waals surface area contributed by atoms with Crippen molar-refractivity contribution in [2.24, 2.45) is 12.8 Å². The number of fused-ring (bicyclic) bond motifs is 1. The molecule has 2 aromatic carbocycles. The molecule has 0 aliphatic carbocycles. The highest BCUT2D eigenvalue weighted by molar-refractivity contribution is 6.04. The molecular weight excluding hydrogens is 278 g/mol. The molecule has 0 radical (unpaired) electrons. The number of amides is 1. The zero-order chi connectivity index (χ0) is 15.7. The number of rotatable bonds is 2. The highest BCUT2D eigenvalue weighted by Gasteiger charge is 2.15. The Morgan fingerprint density at radius 1 is 1.23 bits per heavy atom. The summed E-state index contributed by atoms with van der Waals surface area (Å²) in [6.07, 6.45) is 0. The van der Waals surface area contributed by atoms with Gasteiger partial charge in [0.1, 0.15) is 5.69 Å². The predicted octanol–water partition coefficient (Wildman–Crippen LogP) is 1.86. The van der Waals surface area contributed by atoms with Crippen LogP contribution in [0.1, 0.15) is 10.5 Å². The fourth-order valence-corrected chi connectivity index (χ4v) is 2.45. The molecule has 1 heterocycles. The average Bonchev–Trinajstić information content (AvgIpc) is 2.88. The van der Waals surface area contributed by atoms with Crippen molar-refractivity contribution in [3.63, 3.8) is 0 Å². The summed E-state index contributed by atoms with van der Waals surface area (Å²) in [6.45, 7) is 0. The number of nitrogens with one attached hydrogen (secondary N) is 2. The Bertz CT molecular complexity index is 876. The summed E-state index contributed by atoms with van der Waals surface area (Å²) >= 11 is 0. The summed E-state index contributed by atoms with van der Waals surface area (Å²) in [5, 5.41) is 16.0. The SMILES string of the molecule is Cn1nc(-c2cccc3ccccc23)cc1C(=O)NC(=N)N. The number of hydrogen-bond donors (Lipinski definition) is 3. The van der Waals surface area contributed by atoms with Crippen LogP contribution < -0.4 is 11.1 Å². The number of nitrogens with two attached hydrogens (primary N) is 1. The third-order valence-electron chi connectivity index (χ3n) is 3.43. The quantitative estimate of drug-likeness (QED) is 0.497. The number of nitrogens with zero attached hydrogens (tertiary/aromatic N) is 2. The van der Waals surface area contributed by atoms with Crippen molar-refractivity contribution in [2.75, 3.05) is 0 Å². The molecular formula is C16H15N5O. The van der Waals surface area contributed by atoms with Gasteiger partial charge in [0.05, 0.1) is 5.69 Å². The first kappa shape index (κ1) is 13.8. The molecule has 0 bridgehead atoms. The molecule has 0 aliphatic heterocycles. The first-order chi connectivity index (χ1) is 10.6. The second-order valence-electron chi connectivity index (χ2n) is 4.93. The molecule has 3 aromatic rings.